The van der Waals surface area contributed by atoms with Crippen LogP contribution in [0.15, 0.2) is 0 Å². The minimum absolute atomic E-state index is 0.735. The Hall–Kier alpha value is 2.01. The van der Waals surface area contributed by atoms with Gasteiger partial charge in [-0.3, -0.25) is 0 Å². The van der Waals surface area contributed by atoms with Crippen LogP contribution < -0.4 is 0 Å². The van der Waals surface area contributed by atoms with Crippen molar-refractivity contribution in [2.24, 2.45) is 0 Å². The first-order valence-corrected chi connectivity index (χ1v) is 19.6. The van der Waals surface area contributed by atoms with E-state index >= 15 is 0 Å². The molecular weight excluding hydrogens is 259 g/mol. The van der Waals surface area contributed by atoms with Gasteiger partial charge in [0.1, 0.15) is 0 Å². The summed E-state index contributed by atoms with van der Waals surface area (Å²) in [5.74, 6) is 4.46. The molecule has 4 heteroatoms. The molecule has 0 fully saturated rings. The van der Waals surface area contributed by atoms with Gasteiger partial charge in [-0.25, -0.2) is 0 Å². The summed E-state index contributed by atoms with van der Waals surface area (Å²) in [5, 5.41) is 0. The van der Waals surface area contributed by atoms with Gasteiger partial charge in [0.15, 0.2) is 0 Å². The van der Waals surface area contributed by atoms with Gasteiger partial charge < -0.3 is 0 Å². The van der Waals surface area contributed by atoms with Crippen molar-refractivity contribution in [3.8, 4) is 0 Å². The summed E-state index contributed by atoms with van der Waals surface area (Å²) in [6.45, 7) is 0. The van der Waals surface area contributed by atoms with Crippen molar-refractivity contribution < 1.29 is 16.2 Å². The first kappa shape index (κ1) is 8.01. The standard InChI is InChI=1S/C2H6Ge.2ClH.Zr/c1-3-2;;;/h1-2H3;2*1H;/q;;;+2/p-2. The van der Waals surface area contributed by atoms with E-state index in [9.17, 15) is 0 Å². The average Bonchev–Trinajstić information content (AvgIpc) is 1.36. The third kappa shape index (κ3) is 4.17. The molecule has 0 aromatic carbocycles. The van der Waals surface area contributed by atoms with Crippen molar-refractivity contribution in [1.29, 1.82) is 0 Å². The zero-order valence-electron chi connectivity index (χ0n) is 3.76. The Morgan fingerprint density at radius 1 is 1.33 bits per heavy atom. The molecule has 0 N–H and O–H groups in total. The quantitative estimate of drug-likeness (QED) is 0.589. The molecule has 36 valence electrons. The van der Waals surface area contributed by atoms with E-state index < -0.39 is 26.2 Å². The van der Waals surface area contributed by atoms with Gasteiger partial charge >= 0.3 is 54.8 Å². The van der Waals surface area contributed by atoms with Crippen molar-refractivity contribution in [2.75, 3.05) is 0 Å². The van der Waals surface area contributed by atoms with Crippen LogP contribution in [0.3, 0.4) is 0 Å². The van der Waals surface area contributed by atoms with E-state index in [1.54, 1.807) is 0 Å². The molecule has 0 bridgehead atoms. The average molecular weight is 265 g/mol. The summed E-state index contributed by atoms with van der Waals surface area (Å²) in [7, 11) is 10.6. The molecule has 0 aromatic heterocycles. The molecule has 0 aliphatic heterocycles. The Balaban J connectivity index is 3.68. The zero-order chi connectivity index (χ0) is 5.15. The first-order valence-electron chi connectivity index (χ1n) is 1.63. The predicted octanol–water partition coefficient (Wildman–Crippen LogP) is 2.16. The van der Waals surface area contributed by atoms with Crippen molar-refractivity contribution in [2.45, 2.75) is 11.5 Å². The summed E-state index contributed by atoms with van der Waals surface area (Å²) in [4.78, 5) is 0. The van der Waals surface area contributed by atoms with Crippen LogP contribution in [0.2, 0.25) is 11.5 Å². The van der Waals surface area contributed by atoms with Gasteiger partial charge in [-0.1, -0.05) is 0 Å². The van der Waals surface area contributed by atoms with E-state index in [0.717, 1.165) is 0 Å². The van der Waals surface area contributed by atoms with Crippen LogP contribution in [0.25, 0.3) is 0 Å². The number of halogens is 2. The van der Waals surface area contributed by atoms with Crippen LogP contribution in [0.1, 0.15) is 0 Å². The SMILES string of the molecule is [CH3][Ge]([CH3])=[Zr]([Cl])[Cl]. The third-order valence-electron chi connectivity index (χ3n) is 0.378. The Kier molecular flexibility index (Phi) is 5.26. The van der Waals surface area contributed by atoms with E-state index in [1.165, 1.54) is 0 Å². The molecule has 0 amide bonds. The van der Waals surface area contributed by atoms with E-state index in [-0.39, 0.29) is 0 Å². The molecule has 0 spiro atoms. The van der Waals surface area contributed by atoms with Crippen LogP contribution in [0.5, 0.6) is 0 Å². The Bertz CT molecular complexity index is 61.6. The summed E-state index contributed by atoms with van der Waals surface area (Å²) >= 11 is -1.59. The summed E-state index contributed by atoms with van der Waals surface area (Å²) in [6.07, 6.45) is 0. The van der Waals surface area contributed by atoms with Crippen molar-refractivity contribution in [3.63, 3.8) is 0 Å². The van der Waals surface area contributed by atoms with E-state index in [0.29, 0.717) is 0 Å². The minimum atomic E-state index is -1.59. The molecule has 0 aromatic rings. The molecule has 0 aliphatic carbocycles. The van der Waals surface area contributed by atoms with Crippen LogP contribution in [-0.4, -0.2) is 9.98 Å². The van der Waals surface area contributed by atoms with Crippen molar-refractivity contribution in [1.82, 2.24) is 0 Å². The van der Waals surface area contributed by atoms with E-state index in [1.807, 2.05) is 0 Å². The number of hydrogen-bond donors (Lipinski definition) is 0. The summed E-state index contributed by atoms with van der Waals surface area (Å²) in [6, 6.07) is 0. The fourth-order valence-electron chi connectivity index (χ4n) is 0. The molecular formula is C2H6Cl2GeZr. The van der Waals surface area contributed by atoms with Crippen LogP contribution in [-0.2, 0) is 16.2 Å². The zero-order valence-corrected chi connectivity index (χ0v) is 9.82. The Labute approximate surface area is 54.1 Å². The molecule has 0 atom stereocenters. The van der Waals surface area contributed by atoms with Gasteiger partial charge in [0.05, 0.1) is 0 Å². The molecule has 0 radical (unpaired) electrons. The van der Waals surface area contributed by atoms with Crippen molar-refractivity contribution >= 4 is 27.0 Å². The van der Waals surface area contributed by atoms with Gasteiger partial charge in [0.25, 0.3) is 0 Å². The van der Waals surface area contributed by atoms with E-state index in [4.69, 9.17) is 17.0 Å². The Morgan fingerprint density at radius 2 is 1.50 bits per heavy atom. The molecule has 0 saturated carbocycles. The Morgan fingerprint density at radius 3 is 1.50 bits per heavy atom. The summed E-state index contributed by atoms with van der Waals surface area (Å²) < 4.78 is 0. The second-order valence-electron chi connectivity index (χ2n) is 1.26. The predicted molar refractivity (Wildman–Crippen MR) is 29.2 cm³/mol. The second kappa shape index (κ2) is 3.94. The maximum atomic E-state index is 5.65. The summed E-state index contributed by atoms with van der Waals surface area (Å²) in [5.41, 5.74) is 0. The van der Waals surface area contributed by atoms with Crippen LogP contribution in [0.4, 0.5) is 0 Å². The monoisotopic (exact) mass is 264 g/mol. The van der Waals surface area contributed by atoms with Gasteiger partial charge in [0, 0.05) is 0 Å². The first-order chi connectivity index (χ1) is 2.64. The fourth-order valence-corrected chi connectivity index (χ4v) is 0. The van der Waals surface area contributed by atoms with Gasteiger partial charge in [-0.2, -0.15) is 0 Å². The van der Waals surface area contributed by atoms with Gasteiger partial charge in [-0.05, 0) is 0 Å². The molecule has 6 heavy (non-hydrogen) atoms. The normalized spacial score (nSPS) is 8.00. The number of rotatable bonds is 0. The number of hydrogen-bond acceptors (Lipinski definition) is 0. The maximum absolute atomic E-state index is 5.65. The van der Waals surface area contributed by atoms with Crippen LogP contribution in [0, 0.1) is 0 Å². The van der Waals surface area contributed by atoms with E-state index in [2.05, 4.69) is 11.5 Å². The molecule has 0 heterocycles. The second-order valence-corrected chi connectivity index (χ2v) is 39.2. The topological polar surface area (TPSA) is 0 Å². The molecule has 0 nitrogen and oxygen atoms in total. The molecule has 0 unspecified atom stereocenters. The molecule has 0 saturated heterocycles. The molecule has 0 aliphatic rings. The van der Waals surface area contributed by atoms with Crippen LogP contribution >= 0.6 is 17.0 Å². The molecule has 0 rings (SSSR count). The fraction of sp³-hybridized carbons (Fsp3) is 1.00. The third-order valence-corrected chi connectivity index (χ3v) is 34.9. The van der Waals surface area contributed by atoms with Gasteiger partial charge in [0.2, 0.25) is 0 Å². The van der Waals surface area contributed by atoms with Gasteiger partial charge in [-0.15, -0.1) is 0 Å². The van der Waals surface area contributed by atoms with Crippen molar-refractivity contribution in [3.05, 3.63) is 0 Å².